The Morgan fingerprint density at radius 1 is 1.44 bits per heavy atom. The normalized spacial score (nSPS) is 9.28. The lowest BCUT2D eigenvalue weighted by Crippen LogP contribution is -2.12. The molecule has 0 atom stereocenters. The molecule has 1 amide bonds. The summed E-state index contributed by atoms with van der Waals surface area (Å²) < 4.78 is 4.99. The number of benzene rings is 1. The largest absolute Gasteiger partial charge is 0.482 e. The molecule has 0 spiro atoms. The van der Waals surface area contributed by atoms with Crippen molar-refractivity contribution >= 4 is 17.6 Å². The van der Waals surface area contributed by atoms with Gasteiger partial charge in [-0.05, 0) is 12.1 Å². The van der Waals surface area contributed by atoms with Crippen molar-refractivity contribution < 1.29 is 19.4 Å². The summed E-state index contributed by atoms with van der Waals surface area (Å²) in [7, 11) is 0. The maximum absolute atomic E-state index is 11.4. The van der Waals surface area contributed by atoms with Crippen LogP contribution in [0.3, 0.4) is 0 Å². The van der Waals surface area contributed by atoms with Crippen LogP contribution in [0.2, 0.25) is 0 Å². The summed E-state index contributed by atoms with van der Waals surface area (Å²) in [5.41, 5.74) is 0.542. The molecular weight excluding hydrogens is 234 g/mol. The first-order valence-electron chi connectivity index (χ1n) is 5.30. The first-order chi connectivity index (χ1) is 8.61. The van der Waals surface area contributed by atoms with Gasteiger partial charge in [-0.3, -0.25) is 4.79 Å². The summed E-state index contributed by atoms with van der Waals surface area (Å²) in [6, 6.07) is 6.51. The van der Waals surface area contributed by atoms with Crippen LogP contribution >= 0.6 is 0 Å². The molecule has 0 aliphatic heterocycles. The fourth-order valence-electron chi connectivity index (χ4n) is 1.22. The van der Waals surface area contributed by atoms with E-state index < -0.39 is 12.6 Å². The molecule has 0 heterocycles. The van der Waals surface area contributed by atoms with Gasteiger partial charge in [0, 0.05) is 24.6 Å². The number of carboxylic acid groups (broad SMARTS) is 1. The molecule has 0 fully saturated rings. The van der Waals surface area contributed by atoms with E-state index >= 15 is 0 Å². The smallest absolute Gasteiger partial charge is 0.341 e. The number of anilines is 1. The standard InChI is InChI=1S/C13H13NO4/c1-2-3-7-12(15)14-10-5-4-6-11(8-10)18-9-13(16)17/h1,4-6,8H,3,7,9H2,(H,14,15)(H,16,17). The van der Waals surface area contributed by atoms with Crippen LogP contribution in [0, 0.1) is 12.3 Å². The van der Waals surface area contributed by atoms with E-state index in [1.165, 1.54) is 0 Å². The van der Waals surface area contributed by atoms with Crippen LogP contribution in [0.5, 0.6) is 5.75 Å². The number of aliphatic carboxylic acids is 1. The van der Waals surface area contributed by atoms with Gasteiger partial charge in [-0.1, -0.05) is 6.07 Å². The number of ether oxygens (including phenoxy) is 1. The zero-order valence-electron chi connectivity index (χ0n) is 9.68. The lowest BCUT2D eigenvalue weighted by atomic mass is 10.2. The van der Waals surface area contributed by atoms with Crippen LogP contribution in [-0.4, -0.2) is 23.6 Å². The topological polar surface area (TPSA) is 75.6 Å². The molecule has 0 aromatic heterocycles. The second-order valence-corrected chi connectivity index (χ2v) is 3.46. The highest BCUT2D eigenvalue weighted by Gasteiger charge is 2.03. The fraction of sp³-hybridized carbons (Fsp3) is 0.231. The summed E-state index contributed by atoms with van der Waals surface area (Å²) in [6.07, 6.45) is 5.68. The third kappa shape index (κ3) is 5.03. The minimum atomic E-state index is -1.06. The molecule has 0 saturated carbocycles. The number of carbonyl (C=O) groups is 2. The Labute approximate surface area is 105 Å². The zero-order valence-corrected chi connectivity index (χ0v) is 9.68. The minimum Gasteiger partial charge on any atom is -0.482 e. The molecule has 0 saturated heterocycles. The van der Waals surface area contributed by atoms with E-state index in [1.54, 1.807) is 24.3 Å². The van der Waals surface area contributed by atoms with Crippen molar-refractivity contribution in [2.24, 2.45) is 0 Å². The highest BCUT2D eigenvalue weighted by atomic mass is 16.5. The van der Waals surface area contributed by atoms with Crippen LogP contribution in [-0.2, 0) is 9.59 Å². The van der Waals surface area contributed by atoms with Crippen molar-refractivity contribution in [3.63, 3.8) is 0 Å². The van der Waals surface area contributed by atoms with Crippen LogP contribution < -0.4 is 10.1 Å². The fourth-order valence-corrected chi connectivity index (χ4v) is 1.22. The molecule has 0 unspecified atom stereocenters. The molecule has 1 aromatic rings. The van der Waals surface area contributed by atoms with E-state index in [0.717, 1.165) is 0 Å². The zero-order chi connectivity index (χ0) is 13.4. The summed E-state index contributed by atoms with van der Waals surface area (Å²) in [5.74, 6) is 1.51. The summed E-state index contributed by atoms with van der Waals surface area (Å²) in [4.78, 5) is 21.7. The molecule has 0 aliphatic carbocycles. The molecule has 2 N–H and O–H groups in total. The number of amides is 1. The van der Waals surface area contributed by atoms with Crippen LogP contribution in [0.4, 0.5) is 5.69 Å². The van der Waals surface area contributed by atoms with E-state index in [-0.39, 0.29) is 12.3 Å². The number of rotatable bonds is 6. The van der Waals surface area contributed by atoms with Crippen molar-refractivity contribution in [1.82, 2.24) is 0 Å². The quantitative estimate of drug-likeness (QED) is 0.747. The molecule has 0 bridgehead atoms. The number of hydrogen-bond acceptors (Lipinski definition) is 3. The van der Waals surface area contributed by atoms with E-state index in [0.29, 0.717) is 17.9 Å². The van der Waals surface area contributed by atoms with Gasteiger partial charge in [0.1, 0.15) is 5.75 Å². The van der Waals surface area contributed by atoms with Gasteiger partial charge in [-0.15, -0.1) is 12.3 Å². The van der Waals surface area contributed by atoms with Crippen molar-refractivity contribution in [2.45, 2.75) is 12.8 Å². The summed E-state index contributed by atoms with van der Waals surface area (Å²) in [6.45, 7) is -0.422. The van der Waals surface area contributed by atoms with Gasteiger partial charge in [0.25, 0.3) is 0 Å². The lowest BCUT2D eigenvalue weighted by molar-refractivity contribution is -0.139. The molecule has 94 valence electrons. The van der Waals surface area contributed by atoms with Gasteiger partial charge in [0.15, 0.2) is 6.61 Å². The van der Waals surface area contributed by atoms with Crippen LogP contribution in [0.1, 0.15) is 12.8 Å². The Balaban J connectivity index is 2.56. The third-order valence-electron chi connectivity index (χ3n) is 1.98. The van der Waals surface area contributed by atoms with Crippen LogP contribution in [0.15, 0.2) is 24.3 Å². The summed E-state index contributed by atoms with van der Waals surface area (Å²) in [5, 5.41) is 11.1. The Morgan fingerprint density at radius 3 is 2.89 bits per heavy atom. The lowest BCUT2D eigenvalue weighted by Gasteiger charge is -2.07. The van der Waals surface area contributed by atoms with Crippen molar-refractivity contribution in [3.8, 4) is 18.1 Å². The Hall–Kier alpha value is -2.48. The second-order valence-electron chi connectivity index (χ2n) is 3.46. The third-order valence-corrected chi connectivity index (χ3v) is 1.98. The maximum atomic E-state index is 11.4. The van der Waals surface area contributed by atoms with Gasteiger partial charge < -0.3 is 15.2 Å². The first-order valence-corrected chi connectivity index (χ1v) is 5.30. The monoisotopic (exact) mass is 247 g/mol. The average Bonchev–Trinajstić information content (AvgIpc) is 2.34. The second kappa shape index (κ2) is 6.97. The number of carbonyl (C=O) groups excluding carboxylic acids is 1. The van der Waals surface area contributed by atoms with Gasteiger partial charge in [-0.2, -0.15) is 0 Å². The van der Waals surface area contributed by atoms with Gasteiger partial charge in [-0.25, -0.2) is 4.79 Å². The number of hydrogen-bond donors (Lipinski definition) is 2. The maximum Gasteiger partial charge on any atom is 0.341 e. The van der Waals surface area contributed by atoms with Gasteiger partial charge >= 0.3 is 5.97 Å². The van der Waals surface area contributed by atoms with E-state index in [9.17, 15) is 9.59 Å². The highest BCUT2D eigenvalue weighted by molar-refractivity contribution is 5.91. The highest BCUT2D eigenvalue weighted by Crippen LogP contribution is 2.17. The first kappa shape index (κ1) is 13.6. The Bertz CT molecular complexity index is 476. The molecule has 0 aliphatic rings. The van der Waals surface area contributed by atoms with Crippen molar-refractivity contribution in [2.75, 3.05) is 11.9 Å². The predicted octanol–water partition coefficient (Wildman–Crippen LogP) is 1.50. The van der Waals surface area contributed by atoms with Gasteiger partial charge in [0.05, 0.1) is 0 Å². The average molecular weight is 247 g/mol. The van der Waals surface area contributed by atoms with Crippen molar-refractivity contribution in [1.29, 1.82) is 0 Å². The minimum absolute atomic E-state index is 0.191. The van der Waals surface area contributed by atoms with E-state index in [1.807, 2.05) is 0 Å². The molecule has 1 aromatic carbocycles. The Morgan fingerprint density at radius 2 is 2.22 bits per heavy atom. The number of terminal acetylenes is 1. The molecule has 18 heavy (non-hydrogen) atoms. The molecule has 5 nitrogen and oxygen atoms in total. The number of nitrogens with one attached hydrogen (secondary N) is 1. The van der Waals surface area contributed by atoms with Gasteiger partial charge in [0.2, 0.25) is 5.91 Å². The van der Waals surface area contributed by atoms with E-state index in [2.05, 4.69) is 11.2 Å². The SMILES string of the molecule is C#CCCC(=O)Nc1cccc(OCC(=O)O)c1. The molecular formula is C13H13NO4. The van der Waals surface area contributed by atoms with Crippen LogP contribution in [0.25, 0.3) is 0 Å². The molecule has 5 heteroatoms. The number of carboxylic acids is 1. The summed E-state index contributed by atoms with van der Waals surface area (Å²) >= 11 is 0. The van der Waals surface area contributed by atoms with E-state index in [4.69, 9.17) is 16.3 Å². The van der Waals surface area contributed by atoms with Crippen molar-refractivity contribution in [3.05, 3.63) is 24.3 Å². The Kier molecular flexibility index (Phi) is 5.26. The predicted molar refractivity (Wildman–Crippen MR) is 66.3 cm³/mol. The molecule has 1 rings (SSSR count). The molecule has 0 radical (unpaired) electrons.